The van der Waals surface area contributed by atoms with Crippen LogP contribution in [0.25, 0.3) is 0 Å². The van der Waals surface area contributed by atoms with Crippen molar-refractivity contribution in [2.75, 3.05) is 6.61 Å². The van der Waals surface area contributed by atoms with Gasteiger partial charge >= 0.3 is 0 Å². The number of rotatable bonds is 6. The molecule has 1 rings (SSSR count). The Bertz CT molecular complexity index is 241. The molecular formula is C17H36OSi. The third-order valence-electron chi connectivity index (χ3n) is 5.66. The average Bonchev–Trinajstić information content (AvgIpc) is 2.57. The highest BCUT2D eigenvalue weighted by Gasteiger charge is 2.45. The van der Waals surface area contributed by atoms with Gasteiger partial charge in [-0.25, -0.2) is 0 Å². The summed E-state index contributed by atoms with van der Waals surface area (Å²) < 4.78 is 6.73. The minimum Gasteiger partial charge on any atom is -0.416 e. The van der Waals surface area contributed by atoms with Crippen LogP contribution < -0.4 is 0 Å². The van der Waals surface area contributed by atoms with Gasteiger partial charge in [0.1, 0.15) is 0 Å². The third kappa shape index (κ3) is 3.63. The SMILES string of the molecule is CC(C)[Si](OCC1C[C@H](C)[C@@H](C)C1)(C(C)C)C(C)C. The predicted molar refractivity (Wildman–Crippen MR) is 88.1 cm³/mol. The zero-order valence-electron chi connectivity index (χ0n) is 14.5. The van der Waals surface area contributed by atoms with Gasteiger partial charge in [-0.3, -0.25) is 0 Å². The third-order valence-corrected chi connectivity index (χ3v) is 11.7. The molecule has 0 bridgehead atoms. The summed E-state index contributed by atoms with van der Waals surface area (Å²) in [4.78, 5) is 0. The lowest BCUT2D eigenvalue weighted by atomic mass is 10.0. The fourth-order valence-corrected chi connectivity index (χ4v) is 10.0. The molecule has 2 heteroatoms. The summed E-state index contributed by atoms with van der Waals surface area (Å²) in [5, 5.41) is 0. The molecule has 114 valence electrons. The van der Waals surface area contributed by atoms with E-state index in [1.807, 2.05) is 0 Å². The van der Waals surface area contributed by atoms with Crippen LogP contribution in [0.2, 0.25) is 16.6 Å². The first kappa shape index (κ1) is 17.2. The zero-order valence-corrected chi connectivity index (χ0v) is 15.5. The summed E-state index contributed by atoms with van der Waals surface area (Å²) >= 11 is 0. The van der Waals surface area contributed by atoms with Gasteiger partial charge in [0.15, 0.2) is 8.32 Å². The van der Waals surface area contributed by atoms with Crippen molar-refractivity contribution >= 4 is 8.32 Å². The molecule has 0 saturated heterocycles. The first-order valence-corrected chi connectivity index (χ1v) is 10.5. The molecule has 0 radical (unpaired) electrons. The second kappa shape index (κ2) is 6.75. The summed E-state index contributed by atoms with van der Waals surface area (Å²) in [5.41, 5.74) is 2.14. The van der Waals surface area contributed by atoms with E-state index in [9.17, 15) is 0 Å². The largest absolute Gasteiger partial charge is 0.416 e. The molecule has 1 fully saturated rings. The Kier molecular flexibility index (Phi) is 6.13. The molecule has 19 heavy (non-hydrogen) atoms. The fourth-order valence-electron chi connectivity index (χ4n) is 4.51. The first-order valence-electron chi connectivity index (χ1n) is 8.35. The highest BCUT2D eigenvalue weighted by atomic mass is 28.4. The lowest BCUT2D eigenvalue weighted by molar-refractivity contribution is 0.219. The van der Waals surface area contributed by atoms with Crippen molar-refractivity contribution < 1.29 is 4.43 Å². The van der Waals surface area contributed by atoms with Crippen LogP contribution >= 0.6 is 0 Å². The Morgan fingerprint density at radius 2 is 1.21 bits per heavy atom. The van der Waals surface area contributed by atoms with E-state index in [4.69, 9.17) is 4.43 Å². The van der Waals surface area contributed by atoms with E-state index in [1.165, 1.54) is 12.8 Å². The molecule has 1 saturated carbocycles. The minimum atomic E-state index is -1.64. The highest BCUT2D eigenvalue weighted by molar-refractivity contribution is 6.77. The van der Waals surface area contributed by atoms with Crippen LogP contribution in [0.5, 0.6) is 0 Å². The van der Waals surface area contributed by atoms with Gasteiger partial charge in [0, 0.05) is 6.61 Å². The van der Waals surface area contributed by atoms with Crippen molar-refractivity contribution in [1.82, 2.24) is 0 Å². The molecular weight excluding hydrogens is 248 g/mol. The molecule has 1 aliphatic carbocycles. The van der Waals surface area contributed by atoms with Gasteiger partial charge in [0.2, 0.25) is 0 Å². The standard InChI is InChI=1S/C17H36OSi/c1-12(2)19(13(3)4,14(5)6)18-11-17-9-15(7)16(8)10-17/h12-17H,9-11H2,1-8H3/t15-,16-/m0/s1. The van der Waals surface area contributed by atoms with Crippen LogP contribution in [0, 0.1) is 17.8 Å². The summed E-state index contributed by atoms with van der Waals surface area (Å²) in [7, 11) is -1.64. The van der Waals surface area contributed by atoms with Crippen molar-refractivity contribution in [3.05, 3.63) is 0 Å². The maximum Gasteiger partial charge on any atom is 0.200 e. The van der Waals surface area contributed by atoms with Crippen LogP contribution in [0.15, 0.2) is 0 Å². The Morgan fingerprint density at radius 1 is 0.842 bits per heavy atom. The molecule has 1 nitrogen and oxygen atoms in total. The fraction of sp³-hybridized carbons (Fsp3) is 1.00. The van der Waals surface area contributed by atoms with Crippen molar-refractivity contribution in [3.63, 3.8) is 0 Å². The highest BCUT2D eigenvalue weighted by Crippen LogP contribution is 2.44. The van der Waals surface area contributed by atoms with Crippen LogP contribution in [-0.4, -0.2) is 14.9 Å². The Hall–Kier alpha value is 0.177. The maximum atomic E-state index is 6.73. The van der Waals surface area contributed by atoms with E-state index >= 15 is 0 Å². The van der Waals surface area contributed by atoms with Gasteiger partial charge < -0.3 is 4.43 Å². The van der Waals surface area contributed by atoms with Gasteiger partial charge in [-0.1, -0.05) is 55.4 Å². The molecule has 0 aromatic heterocycles. The van der Waals surface area contributed by atoms with Gasteiger partial charge in [-0.05, 0) is 47.2 Å². The van der Waals surface area contributed by atoms with E-state index in [1.54, 1.807) is 0 Å². The predicted octanol–water partition coefficient (Wildman–Crippen LogP) is 5.86. The van der Waals surface area contributed by atoms with Gasteiger partial charge in [-0.2, -0.15) is 0 Å². The molecule has 0 spiro atoms. The molecule has 0 heterocycles. The Morgan fingerprint density at radius 3 is 1.53 bits per heavy atom. The summed E-state index contributed by atoms with van der Waals surface area (Å²) in [6, 6.07) is 0. The van der Waals surface area contributed by atoms with Gasteiger partial charge in [0.05, 0.1) is 0 Å². The van der Waals surface area contributed by atoms with Crippen LogP contribution in [0.4, 0.5) is 0 Å². The molecule has 0 amide bonds. The van der Waals surface area contributed by atoms with E-state index in [-0.39, 0.29) is 0 Å². The first-order chi connectivity index (χ1) is 8.71. The van der Waals surface area contributed by atoms with Crippen LogP contribution in [-0.2, 0) is 4.43 Å². The van der Waals surface area contributed by atoms with Crippen LogP contribution in [0.3, 0.4) is 0 Å². The van der Waals surface area contributed by atoms with E-state index in [0.29, 0.717) is 16.6 Å². The van der Waals surface area contributed by atoms with Crippen LogP contribution in [0.1, 0.15) is 68.2 Å². The number of hydrogen-bond donors (Lipinski definition) is 0. The topological polar surface area (TPSA) is 9.23 Å². The summed E-state index contributed by atoms with van der Waals surface area (Å²) in [5.74, 6) is 2.59. The monoisotopic (exact) mass is 284 g/mol. The average molecular weight is 285 g/mol. The molecule has 0 N–H and O–H groups in total. The molecule has 1 aliphatic rings. The molecule has 0 unspecified atom stereocenters. The molecule has 0 aromatic rings. The summed E-state index contributed by atoms with van der Waals surface area (Å²) in [6.07, 6.45) is 2.75. The molecule has 0 aromatic carbocycles. The summed E-state index contributed by atoms with van der Waals surface area (Å²) in [6.45, 7) is 20.1. The Balaban J connectivity index is 2.69. The van der Waals surface area contributed by atoms with E-state index < -0.39 is 8.32 Å². The van der Waals surface area contributed by atoms with Gasteiger partial charge in [-0.15, -0.1) is 0 Å². The second-order valence-corrected chi connectivity index (χ2v) is 13.4. The maximum absolute atomic E-state index is 6.73. The minimum absolute atomic E-state index is 0.712. The lowest BCUT2D eigenvalue weighted by Crippen LogP contribution is -2.48. The smallest absolute Gasteiger partial charge is 0.200 e. The van der Waals surface area contributed by atoms with E-state index in [0.717, 1.165) is 24.4 Å². The van der Waals surface area contributed by atoms with E-state index in [2.05, 4.69) is 55.4 Å². The van der Waals surface area contributed by atoms with Gasteiger partial charge in [0.25, 0.3) is 0 Å². The zero-order chi connectivity index (χ0) is 14.8. The van der Waals surface area contributed by atoms with Crippen molar-refractivity contribution in [3.8, 4) is 0 Å². The van der Waals surface area contributed by atoms with Crippen molar-refractivity contribution in [2.24, 2.45) is 17.8 Å². The second-order valence-electron chi connectivity index (χ2n) is 7.92. The Labute approximate surface area is 122 Å². The molecule has 0 aliphatic heterocycles. The quantitative estimate of drug-likeness (QED) is 0.555. The van der Waals surface area contributed by atoms with Crippen molar-refractivity contribution in [1.29, 1.82) is 0 Å². The molecule has 2 atom stereocenters. The number of hydrogen-bond acceptors (Lipinski definition) is 1. The van der Waals surface area contributed by atoms with Crippen molar-refractivity contribution in [2.45, 2.75) is 84.9 Å². The normalized spacial score (nSPS) is 26.1. The lowest BCUT2D eigenvalue weighted by Gasteiger charge is -2.42.